The van der Waals surface area contributed by atoms with Crippen molar-refractivity contribution in [3.63, 3.8) is 0 Å². The van der Waals surface area contributed by atoms with Crippen LogP contribution in [0.5, 0.6) is 0 Å². The topological polar surface area (TPSA) is 0 Å². The van der Waals surface area contributed by atoms with Gasteiger partial charge in [-0.05, 0) is 0 Å². The van der Waals surface area contributed by atoms with Crippen LogP contribution in [-0.4, -0.2) is 0 Å². The Morgan fingerprint density at radius 2 is 2.17 bits per heavy atom. The van der Waals surface area contributed by atoms with E-state index in [-0.39, 0.29) is 48.0 Å². The Hall–Kier alpha value is 0.943. The second-order valence-electron chi connectivity index (χ2n) is 2.60. The summed E-state index contributed by atoms with van der Waals surface area (Å²) in [5, 5.41) is 0. The molecule has 3 heteroatoms. The Bertz CT molecular complexity index is 153. The molecule has 12 heavy (non-hydrogen) atoms. The number of unbranched alkanes of at least 4 members (excludes halogenated alkanes) is 1. The molecule has 0 amide bonds. The van der Waals surface area contributed by atoms with Gasteiger partial charge < -0.3 is 0 Å². The number of allylic oxidation sites excluding steroid dienone is 4. The summed E-state index contributed by atoms with van der Waals surface area (Å²) in [5.41, 5.74) is 0. The quantitative estimate of drug-likeness (QED) is 0.686. The Morgan fingerprint density at radius 1 is 1.42 bits per heavy atom. The van der Waals surface area contributed by atoms with Crippen molar-refractivity contribution in [2.75, 3.05) is 0 Å². The fourth-order valence-electron chi connectivity index (χ4n) is 1.00. The summed E-state index contributed by atoms with van der Waals surface area (Å²) in [4.78, 5) is 0. The average molecular weight is 286 g/mol. The minimum atomic E-state index is -0.0811. The molecule has 0 saturated carbocycles. The maximum atomic E-state index is 2.34. The minimum Gasteiger partial charge on any atom is -0.147 e. The first-order valence-corrected chi connectivity index (χ1v) is 6.99. The molecule has 0 aromatic heterocycles. The van der Waals surface area contributed by atoms with Gasteiger partial charge in [-0.2, -0.15) is 0 Å². The third-order valence-electron chi connectivity index (χ3n) is 1.65. The van der Waals surface area contributed by atoms with E-state index in [1.54, 1.807) is 7.41 Å². The maximum absolute atomic E-state index is 2.34. The van der Waals surface area contributed by atoms with Gasteiger partial charge in [-0.15, -0.1) is 24.8 Å². The Balaban J connectivity index is 0. The van der Waals surface area contributed by atoms with E-state index in [0.29, 0.717) is 0 Å². The van der Waals surface area contributed by atoms with Crippen molar-refractivity contribution >= 4 is 24.8 Å². The normalized spacial score (nSPS) is 12.9. The van der Waals surface area contributed by atoms with Crippen LogP contribution in [0.2, 0.25) is 4.13 Å². The fraction of sp³-hybridized carbons (Fsp3) is 0.556. The second kappa shape index (κ2) is 10.0. The molecule has 0 saturated heterocycles. The first kappa shape index (κ1) is 15.4. The van der Waals surface area contributed by atoms with E-state index in [1.165, 1.54) is 19.3 Å². The molecule has 0 aromatic carbocycles. The predicted molar refractivity (Wildman–Crippen MR) is 56.1 cm³/mol. The van der Waals surface area contributed by atoms with Crippen LogP contribution in [0, 0.1) is 0 Å². The maximum Gasteiger partial charge on any atom is -0.147 e. The van der Waals surface area contributed by atoms with E-state index in [0.717, 1.165) is 0 Å². The second-order valence-corrected chi connectivity index (χ2v) is 6.28. The van der Waals surface area contributed by atoms with Crippen molar-refractivity contribution in [1.29, 1.82) is 0 Å². The molecule has 0 spiro atoms. The van der Waals surface area contributed by atoms with Crippen LogP contribution in [0.25, 0.3) is 0 Å². The van der Waals surface area contributed by atoms with Gasteiger partial charge in [0, 0.05) is 0 Å². The Morgan fingerprint density at radius 3 is 2.67 bits per heavy atom. The molecule has 0 bridgehead atoms. The van der Waals surface area contributed by atoms with Crippen molar-refractivity contribution in [3.8, 4) is 0 Å². The molecule has 0 nitrogen and oxygen atoms in total. The van der Waals surface area contributed by atoms with Crippen molar-refractivity contribution in [2.24, 2.45) is 0 Å². The van der Waals surface area contributed by atoms with Crippen LogP contribution >= 0.6 is 24.8 Å². The van der Waals surface area contributed by atoms with Gasteiger partial charge in [-0.25, -0.2) is 0 Å². The zero-order chi connectivity index (χ0) is 7.23. The average Bonchev–Trinajstić information content (AvgIpc) is 2.41. The summed E-state index contributed by atoms with van der Waals surface area (Å²) < 4.78 is 3.34. The third-order valence-corrected chi connectivity index (χ3v) is 5.16. The molecule has 0 fully saturated rings. The monoisotopic (exact) mass is 284 g/mol. The van der Waals surface area contributed by atoms with Gasteiger partial charge in [-0.1, -0.05) is 0 Å². The number of hydrogen-bond acceptors (Lipinski definition) is 0. The van der Waals surface area contributed by atoms with Gasteiger partial charge in [0.15, 0.2) is 0 Å². The van der Waals surface area contributed by atoms with Crippen LogP contribution < -0.4 is 0 Å². The Kier molecular flexibility index (Phi) is 12.9. The van der Waals surface area contributed by atoms with Gasteiger partial charge in [-0.3, -0.25) is 0 Å². The predicted octanol–water partition coefficient (Wildman–Crippen LogP) is 3.97. The van der Waals surface area contributed by atoms with Gasteiger partial charge in [0.25, 0.3) is 0 Å². The van der Waals surface area contributed by atoms with Gasteiger partial charge in [0.1, 0.15) is 0 Å². The molecule has 1 aliphatic carbocycles. The summed E-state index contributed by atoms with van der Waals surface area (Å²) in [6.07, 6.45) is 11.0. The summed E-state index contributed by atoms with van der Waals surface area (Å²) in [6.45, 7) is 2.28. The summed E-state index contributed by atoms with van der Waals surface area (Å²) in [7, 11) is 0. The van der Waals surface area contributed by atoms with Crippen LogP contribution in [0.15, 0.2) is 21.5 Å². The van der Waals surface area contributed by atoms with E-state index in [4.69, 9.17) is 0 Å². The van der Waals surface area contributed by atoms with Crippen LogP contribution in [-0.2, 0) is 23.2 Å². The summed E-state index contributed by atoms with van der Waals surface area (Å²) in [6, 6.07) is 0. The van der Waals surface area contributed by atoms with Crippen LogP contribution in [0.1, 0.15) is 26.2 Å². The molecule has 0 N–H and O–H groups in total. The molecule has 0 atom stereocenters. The fourth-order valence-corrected chi connectivity index (χ4v) is 4.27. The zero-order valence-electron chi connectivity index (χ0n) is 7.38. The van der Waals surface area contributed by atoms with Crippen LogP contribution in [0.4, 0.5) is 0 Å². The summed E-state index contributed by atoms with van der Waals surface area (Å²) >= 11 is -0.0811. The molecule has 0 unspecified atom stereocenters. The molecule has 70 valence electrons. The molecular formula is C9H16Cl2Zr. The van der Waals surface area contributed by atoms with Gasteiger partial charge in [0.05, 0.1) is 0 Å². The molecule has 0 aromatic rings. The first-order valence-electron chi connectivity index (χ1n) is 4.03. The largest absolute Gasteiger partial charge is 0.147 e. The minimum absolute atomic E-state index is 0. The Labute approximate surface area is 99.3 Å². The smallest absolute Gasteiger partial charge is 0.147 e. The number of rotatable bonds is 4. The van der Waals surface area contributed by atoms with Crippen molar-refractivity contribution in [2.45, 2.75) is 30.3 Å². The van der Waals surface area contributed by atoms with Crippen LogP contribution in [0.3, 0.4) is 0 Å². The van der Waals surface area contributed by atoms with Gasteiger partial charge in [0.2, 0.25) is 0 Å². The number of halogens is 2. The van der Waals surface area contributed by atoms with E-state index in [1.807, 2.05) is 0 Å². The molecule has 0 heterocycles. The van der Waals surface area contributed by atoms with E-state index in [9.17, 15) is 0 Å². The van der Waals surface area contributed by atoms with Crippen molar-refractivity contribution in [1.82, 2.24) is 0 Å². The van der Waals surface area contributed by atoms with Gasteiger partial charge >= 0.3 is 75.1 Å². The zero-order valence-corrected chi connectivity index (χ0v) is 11.5. The van der Waals surface area contributed by atoms with E-state index >= 15 is 0 Å². The molecule has 0 radical (unpaired) electrons. The molecular weight excluding hydrogens is 270 g/mol. The molecule has 1 rings (SSSR count). The first-order chi connectivity index (χ1) is 4.93. The molecule has 0 aliphatic heterocycles. The van der Waals surface area contributed by atoms with Crippen molar-refractivity contribution in [3.05, 3.63) is 21.5 Å². The summed E-state index contributed by atoms with van der Waals surface area (Å²) in [5.74, 6) is 0. The molecule has 1 aliphatic rings. The van der Waals surface area contributed by atoms with E-state index < -0.39 is 0 Å². The number of hydrogen-bond donors (Lipinski definition) is 0. The van der Waals surface area contributed by atoms with E-state index in [2.05, 4.69) is 25.2 Å². The standard InChI is InChI=1S/C5H5.C4H9.2ClH.Zr/c1-2-4-5-3-1;1-3-4-2;;;/h1-3H,4H2;1,3-4H2,2H3;2*1H;. The SMILES string of the molecule is CCC[CH2][Zr][C]1=CC=CC1.Cl.Cl. The third kappa shape index (κ3) is 6.46. The van der Waals surface area contributed by atoms with Crippen molar-refractivity contribution < 1.29 is 23.2 Å².